The molecule has 0 aliphatic heterocycles. The third kappa shape index (κ3) is 5.62. The van der Waals surface area contributed by atoms with Gasteiger partial charge >= 0.3 is 5.97 Å². The van der Waals surface area contributed by atoms with E-state index in [0.717, 1.165) is 37.7 Å². The molecule has 36 heavy (non-hydrogen) atoms. The van der Waals surface area contributed by atoms with Crippen molar-refractivity contribution in [1.82, 2.24) is 10.3 Å². The number of carbonyl (C=O) groups is 3. The lowest BCUT2D eigenvalue weighted by Crippen LogP contribution is -2.47. The van der Waals surface area contributed by atoms with E-state index in [9.17, 15) is 14.4 Å². The van der Waals surface area contributed by atoms with Crippen molar-refractivity contribution in [2.45, 2.75) is 51.1 Å². The zero-order chi connectivity index (χ0) is 25.5. The first-order valence-electron chi connectivity index (χ1n) is 12.3. The molecule has 186 valence electrons. The van der Waals surface area contributed by atoms with Crippen molar-refractivity contribution in [3.63, 3.8) is 0 Å². The minimum Gasteiger partial charge on any atom is -0.465 e. The number of anilines is 1. The predicted molar refractivity (Wildman–Crippen MR) is 138 cm³/mol. The van der Waals surface area contributed by atoms with E-state index >= 15 is 0 Å². The number of pyridine rings is 1. The van der Waals surface area contributed by atoms with Gasteiger partial charge in [-0.15, -0.1) is 0 Å². The Morgan fingerprint density at radius 2 is 1.72 bits per heavy atom. The van der Waals surface area contributed by atoms with Gasteiger partial charge in [0.05, 0.1) is 12.7 Å². The molecule has 0 saturated heterocycles. The van der Waals surface area contributed by atoms with Gasteiger partial charge in [0.25, 0.3) is 5.91 Å². The van der Waals surface area contributed by atoms with Crippen LogP contribution in [-0.2, 0) is 9.53 Å². The Hall–Kier alpha value is -4.00. The Labute approximate surface area is 211 Å². The maximum Gasteiger partial charge on any atom is 0.337 e. The second kappa shape index (κ2) is 11.6. The minimum atomic E-state index is -0.962. The highest BCUT2D eigenvalue weighted by molar-refractivity contribution is 6.09. The maximum atomic E-state index is 14.0. The molecule has 0 radical (unpaired) electrons. The van der Waals surface area contributed by atoms with Gasteiger partial charge in [-0.05, 0) is 61.2 Å². The van der Waals surface area contributed by atoms with E-state index in [1.165, 1.54) is 12.0 Å². The Balaban J connectivity index is 1.85. The van der Waals surface area contributed by atoms with Gasteiger partial charge in [-0.25, -0.2) is 4.79 Å². The number of amides is 2. The third-order valence-corrected chi connectivity index (χ3v) is 6.59. The van der Waals surface area contributed by atoms with Crippen molar-refractivity contribution in [2.24, 2.45) is 0 Å². The first kappa shape index (κ1) is 25.1. The smallest absolute Gasteiger partial charge is 0.337 e. The van der Waals surface area contributed by atoms with Gasteiger partial charge in [0.1, 0.15) is 11.7 Å². The SMILES string of the molecule is COC(=O)c1cccc(N(C(=O)c2ccccn2)C(C(=O)NC2CCCCC2)c2ccccc2C)c1. The summed E-state index contributed by atoms with van der Waals surface area (Å²) >= 11 is 0. The summed E-state index contributed by atoms with van der Waals surface area (Å²) in [5, 5.41) is 3.20. The Kier molecular flexibility index (Phi) is 8.10. The van der Waals surface area contributed by atoms with Crippen molar-refractivity contribution in [2.75, 3.05) is 12.0 Å². The topological polar surface area (TPSA) is 88.6 Å². The molecule has 1 aliphatic carbocycles. The van der Waals surface area contributed by atoms with E-state index in [1.807, 2.05) is 31.2 Å². The molecule has 1 atom stereocenters. The first-order chi connectivity index (χ1) is 17.5. The van der Waals surface area contributed by atoms with Gasteiger partial charge in [0.2, 0.25) is 5.91 Å². The van der Waals surface area contributed by atoms with Crippen molar-refractivity contribution in [3.8, 4) is 0 Å². The quantitative estimate of drug-likeness (QED) is 0.475. The van der Waals surface area contributed by atoms with Crippen LogP contribution in [0.4, 0.5) is 5.69 Å². The average Bonchev–Trinajstić information content (AvgIpc) is 2.92. The Morgan fingerprint density at radius 1 is 0.972 bits per heavy atom. The molecule has 7 heteroatoms. The number of aromatic nitrogens is 1. The maximum absolute atomic E-state index is 14.0. The van der Waals surface area contributed by atoms with Gasteiger partial charge in [-0.1, -0.05) is 55.7 Å². The second-order valence-electron chi connectivity index (χ2n) is 9.03. The van der Waals surface area contributed by atoms with Crippen LogP contribution in [0, 0.1) is 6.92 Å². The van der Waals surface area contributed by atoms with E-state index in [-0.39, 0.29) is 23.2 Å². The number of nitrogens with one attached hydrogen (secondary N) is 1. The first-order valence-corrected chi connectivity index (χ1v) is 12.3. The number of nitrogens with zero attached hydrogens (tertiary/aromatic N) is 2. The molecule has 1 heterocycles. The number of aryl methyl sites for hydroxylation is 1. The van der Waals surface area contributed by atoms with E-state index in [0.29, 0.717) is 11.3 Å². The standard InChI is InChI=1S/C29H31N3O4/c1-20-11-6-7-16-24(20)26(27(33)31-22-13-4-3-5-14-22)32(28(34)25-17-8-9-18-30-25)23-15-10-12-21(19-23)29(35)36-2/h6-12,15-19,22,26H,3-5,13-14H2,1-2H3,(H,31,33). The molecule has 1 aromatic heterocycles. The van der Waals surface area contributed by atoms with Crippen LogP contribution in [0.2, 0.25) is 0 Å². The van der Waals surface area contributed by atoms with Crippen LogP contribution in [0.1, 0.15) is 70.1 Å². The van der Waals surface area contributed by atoms with Crippen molar-refractivity contribution >= 4 is 23.5 Å². The number of carbonyl (C=O) groups excluding carboxylic acids is 3. The summed E-state index contributed by atoms with van der Waals surface area (Å²) < 4.78 is 4.89. The zero-order valence-electron chi connectivity index (χ0n) is 20.6. The van der Waals surface area contributed by atoms with Gasteiger partial charge in [-0.3, -0.25) is 19.5 Å². The molecular weight excluding hydrogens is 454 g/mol. The Morgan fingerprint density at radius 3 is 2.42 bits per heavy atom. The fourth-order valence-corrected chi connectivity index (χ4v) is 4.72. The number of hydrogen-bond acceptors (Lipinski definition) is 5. The number of esters is 1. The number of ether oxygens (including phenoxy) is 1. The van der Waals surface area contributed by atoms with Gasteiger partial charge in [0.15, 0.2) is 0 Å². The zero-order valence-corrected chi connectivity index (χ0v) is 20.6. The summed E-state index contributed by atoms with van der Waals surface area (Å²) in [6, 6.07) is 18.3. The van der Waals surface area contributed by atoms with Crippen molar-refractivity contribution in [1.29, 1.82) is 0 Å². The molecule has 2 amide bonds. The molecule has 4 rings (SSSR count). The van der Waals surface area contributed by atoms with Crippen LogP contribution in [0.15, 0.2) is 72.9 Å². The molecule has 1 saturated carbocycles. The summed E-state index contributed by atoms with van der Waals surface area (Å²) in [6.45, 7) is 1.92. The molecule has 2 aromatic carbocycles. The molecule has 1 unspecified atom stereocenters. The molecule has 3 aromatic rings. The summed E-state index contributed by atoms with van der Waals surface area (Å²) in [6.07, 6.45) is 6.67. The highest BCUT2D eigenvalue weighted by atomic mass is 16.5. The van der Waals surface area contributed by atoms with E-state index in [1.54, 1.807) is 48.7 Å². The second-order valence-corrected chi connectivity index (χ2v) is 9.03. The van der Waals surface area contributed by atoms with Crippen molar-refractivity contribution in [3.05, 3.63) is 95.3 Å². The van der Waals surface area contributed by atoms with Crippen LogP contribution in [0.25, 0.3) is 0 Å². The van der Waals surface area contributed by atoms with Crippen LogP contribution in [0.5, 0.6) is 0 Å². The molecule has 0 spiro atoms. The number of benzene rings is 2. The van der Waals surface area contributed by atoms with E-state index < -0.39 is 17.9 Å². The average molecular weight is 486 g/mol. The monoisotopic (exact) mass is 485 g/mol. The van der Waals surface area contributed by atoms with Crippen LogP contribution >= 0.6 is 0 Å². The fraction of sp³-hybridized carbons (Fsp3) is 0.310. The molecular formula is C29H31N3O4. The summed E-state index contributed by atoms with van der Waals surface area (Å²) in [5.74, 6) is -1.23. The normalized spacial score (nSPS) is 14.5. The molecule has 7 nitrogen and oxygen atoms in total. The lowest BCUT2D eigenvalue weighted by Gasteiger charge is -2.34. The van der Waals surface area contributed by atoms with Crippen LogP contribution in [0.3, 0.4) is 0 Å². The highest BCUT2D eigenvalue weighted by Crippen LogP contribution is 2.32. The van der Waals surface area contributed by atoms with Gasteiger partial charge in [0, 0.05) is 17.9 Å². The molecule has 1 N–H and O–H groups in total. The van der Waals surface area contributed by atoms with E-state index in [4.69, 9.17) is 4.74 Å². The number of hydrogen-bond donors (Lipinski definition) is 1. The largest absolute Gasteiger partial charge is 0.465 e. The Bertz CT molecular complexity index is 1220. The predicted octanol–water partition coefficient (Wildman–Crippen LogP) is 5.01. The van der Waals surface area contributed by atoms with Crippen molar-refractivity contribution < 1.29 is 19.1 Å². The number of rotatable bonds is 7. The minimum absolute atomic E-state index is 0.0611. The molecule has 1 aliphatic rings. The summed E-state index contributed by atoms with van der Waals surface area (Å²) in [4.78, 5) is 46.0. The summed E-state index contributed by atoms with van der Waals surface area (Å²) in [5.41, 5.74) is 2.47. The lowest BCUT2D eigenvalue weighted by molar-refractivity contribution is -0.123. The lowest BCUT2D eigenvalue weighted by atomic mass is 9.93. The molecule has 1 fully saturated rings. The van der Waals surface area contributed by atoms with Crippen LogP contribution < -0.4 is 10.2 Å². The highest BCUT2D eigenvalue weighted by Gasteiger charge is 2.36. The third-order valence-electron chi connectivity index (χ3n) is 6.59. The molecule has 0 bridgehead atoms. The van der Waals surface area contributed by atoms with Crippen LogP contribution in [-0.4, -0.2) is 35.9 Å². The number of methoxy groups -OCH3 is 1. The van der Waals surface area contributed by atoms with Gasteiger partial charge < -0.3 is 10.1 Å². The fourth-order valence-electron chi connectivity index (χ4n) is 4.72. The van der Waals surface area contributed by atoms with E-state index in [2.05, 4.69) is 10.3 Å². The summed E-state index contributed by atoms with van der Waals surface area (Å²) in [7, 11) is 1.31. The van der Waals surface area contributed by atoms with Gasteiger partial charge in [-0.2, -0.15) is 0 Å².